The second-order valence-corrected chi connectivity index (χ2v) is 9.46. The van der Waals surface area contributed by atoms with Gasteiger partial charge in [0.25, 0.3) is 5.91 Å². The van der Waals surface area contributed by atoms with Crippen molar-refractivity contribution < 1.29 is 14.3 Å². The molecule has 0 aliphatic heterocycles. The van der Waals surface area contributed by atoms with Gasteiger partial charge in [0, 0.05) is 42.7 Å². The van der Waals surface area contributed by atoms with Crippen LogP contribution in [0.3, 0.4) is 0 Å². The molecule has 0 spiro atoms. The molecule has 0 fully saturated rings. The molecule has 0 unspecified atom stereocenters. The number of rotatable bonds is 6. The summed E-state index contributed by atoms with van der Waals surface area (Å²) in [5.41, 5.74) is 5.66. The van der Waals surface area contributed by atoms with Gasteiger partial charge >= 0.3 is 5.97 Å². The van der Waals surface area contributed by atoms with Crippen LogP contribution in [-0.2, 0) is 0 Å². The zero-order chi connectivity index (χ0) is 26.6. The van der Waals surface area contributed by atoms with Crippen molar-refractivity contribution in [3.63, 3.8) is 0 Å². The Kier molecular flexibility index (Phi) is 7.47. The number of carbonyl (C=O) groups is 2. The van der Waals surface area contributed by atoms with Gasteiger partial charge in [0.15, 0.2) is 0 Å². The number of nitrogens with one attached hydrogen (secondary N) is 2. The zero-order valence-corrected chi connectivity index (χ0v) is 21.8. The number of amides is 1. The van der Waals surface area contributed by atoms with Crippen molar-refractivity contribution in [1.29, 1.82) is 0 Å². The fourth-order valence-corrected chi connectivity index (χ4v) is 4.45. The molecule has 0 aliphatic carbocycles. The molecule has 0 radical (unpaired) electrons. The lowest BCUT2D eigenvalue weighted by Gasteiger charge is -2.08. The van der Waals surface area contributed by atoms with E-state index in [1.54, 1.807) is 72.8 Å². The lowest BCUT2D eigenvalue weighted by Crippen LogP contribution is -2.19. The van der Waals surface area contributed by atoms with E-state index >= 15 is 0 Å². The Bertz CT molecular complexity index is 1690. The summed E-state index contributed by atoms with van der Waals surface area (Å²) in [7, 11) is 0. The average molecular weight is 563 g/mol. The van der Waals surface area contributed by atoms with E-state index in [4.69, 9.17) is 39.5 Å². The maximum Gasteiger partial charge on any atom is 0.343 e. The molecule has 38 heavy (non-hydrogen) atoms. The Hall–Kier alpha value is -4.10. The predicted molar refractivity (Wildman–Crippen MR) is 152 cm³/mol. The summed E-state index contributed by atoms with van der Waals surface area (Å²) in [6, 6.07) is 25.7. The van der Waals surface area contributed by atoms with Crippen LogP contribution in [0.2, 0.25) is 15.1 Å². The van der Waals surface area contributed by atoms with Gasteiger partial charge in [-0.25, -0.2) is 10.2 Å². The summed E-state index contributed by atoms with van der Waals surface area (Å²) in [4.78, 5) is 28.9. The number of aromatic amines is 1. The molecule has 5 aromatic rings. The normalized spacial score (nSPS) is 11.1. The Morgan fingerprint density at radius 3 is 2.34 bits per heavy atom. The molecular formula is C29H18Cl3N3O3. The van der Waals surface area contributed by atoms with E-state index in [1.807, 2.05) is 18.2 Å². The van der Waals surface area contributed by atoms with E-state index in [0.717, 1.165) is 10.9 Å². The quantitative estimate of drug-likeness (QED) is 0.0959. The third kappa shape index (κ3) is 5.43. The highest BCUT2D eigenvalue weighted by Crippen LogP contribution is 2.37. The van der Waals surface area contributed by atoms with Crippen LogP contribution in [0.15, 0.2) is 96.1 Å². The summed E-state index contributed by atoms with van der Waals surface area (Å²) in [6.45, 7) is 0. The van der Waals surface area contributed by atoms with Crippen LogP contribution in [-0.4, -0.2) is 23.1 Å². The molecule has 9 heteroatoms. The number of hydrogen-bond acceptors (Lipinski definition) is 4. The molecule has 0 saturated heterocycles. The van der Waals surface area contributed by atoms with E-state index in [1.165, 1.54) is 6.21 Å². The second kappa shape index (κ2) is 11.1. The predicted octanol–water partition coefficient (Wildman–Crippen LogP) is 7.78. The van der Waals surface area contributed by atoms with Crippen LogP contribution >= 0.6 is 34.8 Å². The molecule has 188 valence electrons. The molecule has 4 aromatic carbocycles. The molecule has 1 aromatic heterocycles. The van der Waals surface area contributed by atoms with Crippen LogP contribution in [0.1, 0.15) is 26.4 Å². The number of hydrogen-bond donors (Lipinski definition) is 2. The lowest BCUT2D eigenvalue weighted by molar-refractivity contribution is 0.0734. The van der Waals surface area contributed by atoms with Crippen molar-refractivity contribution in [2.75, 3.05) is 0 Å². The van der Waals surface area contributed by atoms with Gasteiger partial charge in [0.1, 0.15) is 11.4 Å². The van der Waals surface area contributed by atoms with Gasteiger partial charge in [-0.3, -0.25) is 4.79 Å². The van der Waals surface area contributed by atoms with Gasteiger partial charge in [0.05, 0.1) is 11.8 Å². The third-order valence-corrected chi connectivity index (χ3v) is 6.52. The van der Waals surface area contributed by atoms with E-state index in [2.05, 4.69) is 15.5 Å². The Morgan fingerprint density at radius 1 is 0.842 bits per heavy atom. The summed E-state index contributed by atoms with van der Waals surface area (Å²) in [6.07, 6.45) is 1.40. The van der Waals surface area contributed by atoms with Crippen LogP contribution in [0.5, 0.6) is 5.75 Å². The van der Waals surface area contributed by atoms with Gasteiger partial charge in [0.2, 0.25) is 0 Å². The molecule has 0 bridgehead atoms. The topological polar surface area (TPSA) is 83.5 Å². The smallest absolute Gasteiger partial charge is 0.343 e. The molecule has 6 nitrogen and oxygen atoms in total. The fourth-order valence-electron chi connectivity index (χ4n) is 3.92. The van der Waals surface area contributed by atoms with Crippen LogP contribution in [0.25, 0.3) is 22.0 Å². The second-order valence-electron chi connectivity index (χ2n) is 8.18. The molecule has 0 aliphatic rings. The molecule has 1 amide bonds. The summed E-state index contributed by atoms with van der Waals surface area (Å²) >= 11 is 18.6. The number of ether oxygens (including phenoxy) is 1. The number of hydrazone groups is 1. The minimum absolute atomic E-state index is 0.273. The maximum absolute atomic E-state index is 13.2. The van der Waals surface area contributed by atoms with Crippen molar-refractivity contribution in [3.8, 4) is 16.9 Å². The van der Waals surface area contributed by atoms with Crippen molar-refractivity contribution in [3.05, 3.63) is 123 Å². The first-order chi connectivity index (χ1) is 18.4. The van der Waals surface area contributed by atoms with Crippen LogP contribution < -0.4 is 10.2 Å². The Balaban J connectivity index is 1.40. The first-order valence-corrected chi connectivity index (χ1v) is 12.5. The number of carbonyl (C=O) groups excluding carboxylic acids is 2. The molecule has 0 saturated carbocycles. The van der Waals surface area contributed by atoms with Crippen molar-refractivity contribution in [2.45, 2.75) is 0 Å². The monoisotopic (exact) mass is 561 g/mol. The number of aromatic nitrogens is 1. The average Bonchev–Trinajstić information content (AvgIpc) is 3.28. The molecular weight excluding hydrogens is 545 g/mol. The van der Waals surface area contributed by atoms with Crippen molar-refractivity contribution in [2.24, 2.45) is 5.10 Å². The largest absolute Gasteiger partial charge is 0.422 e. The minimum atomic E-state index is -0.548. The van der Waals surface area contributed by atoms with Gasteiger partial charge in [-0.05, 0) is 60.7 Å². The number of fused-ring (bicyclic) bond motifs is 1. The fraction of sp³-hybridized carbons (Fsp3) is 0. The van der Waals surface area contributed by atoms with Crippen molar-refractivity contribution in [1.82, 2.24) is 10.4 Å². The third-order valence-electron chi connectivity index (χ3n) is 5.70. The van der Waals surface area contributed by atoms with Crippen LogP contribution in [0, 0.1) is 0 Å². The lowest BCUT2D eigenvalue weighted by atomic mass is 10.0. The first kappa shape index (κ1) is 25.5. The van der Waals surface area contributed by atoms with Gasteiger partial charge in [-0.2, -0.15) is 5.10 Å². The number of H-pyrrole nitrogens is 1. The summed E-state index contributed by atoms with van der Waals surface area (Å²) in [5, 5.41) is 6.38. The molecule has 2 N–H and O–H groups in total. The number of halogens is 3. The van der Waals surface area contributed by atoms with Gasteiger partial charge in [-0.1, -0.05) is 65.1 Å². The highest BCUT2D eigenvalue weighted by Gasteiger charge is 2.21. The first-order valence-electron chi connectivity index (χ1n) is 11.4. The van der Waals surface area contributed by atoms with E-state index in [0.29, 0.717) is 37.3 Å². The van der Waals surface area contributed by atoms with E-state index in [-0.39, 0.29) is 11.4 Å². The summed E-state index contributed by atoms with van der Waals surface area (Å²) in [5.74, 6) is -0.755. The van der Waals surface area contributed by atoms with E-state index in [9.17, 15) is 9.59 Å². The van der Waals surface area contributed by atoms with Gasteiger partial charge < -0.3 is 9.72 Å². The SMILES string of the molecule is O=C(Oc1ccccc1C=NNC(=O)c1[nH]c2ccc(Cl)cc2c1-c1ccccc1Cl)c1ccc(Cl)cc1. The zero-order valence-electron chi connectivity index (χ0n) is 19.5. The maximum atomic E-state index is 13.2. The number of para-hydroxylation sites is 1. The molecule has 1 heterocycles. The Morgan fingerprint density at radius 2 is 1.55 bits per heavy atom. The molecule has 5 rings (SSSR count). The van der Waals surface area contributed by atoms with Gasteiger partial charge in [-0.15, -0.1) is 0 Å². The van der Waals surface area contributed by atoms with Crippen molar-refractivity contribution >= 4 is 63.8 Å². The van der Waals surface area contributed by atoms with Crippen LogP contribution in [0.4, 0.5) is 0 Å². The standard InChI is InChI=1S/C29H18Cl3N3O3/c30-19-11-9-17(10-12-19)29(37)38-25-8-4-1-5-18(25)16-33-35-28(36)27-26(21-6-2-3-7-23(21)32)22-15-20(31)13-14-24(22)34-27/h1-16,34H,(H,35,36). The minimum Gasteiger partial charge on any atom is -0.422 e. The summed E-state index contributed by atoms with van der Waals surface area (Å²) < 4.78 is 5.54. The Labute approximate surface area is 232 Å². The highest BCUT2D eigenvalue weighted by molar-refractivity contribution is 6.34. The number of nitrogens with zero attached hydrogens (tertiary/aromatic N) is 1. The number of esters is 1. The molecule has 0 atom stereocenters. The van der Waals surface area contributed by atoms with E-state index < -0.39 is 11.9 Å². The number of benzene rings is 4. The highest BCUT2D eigenvalue weighted by atomic mass is 35.5.